The molecule has 3 aromatic rings. The number of ether oxygens (including phenoxy) is 1. The molecule has 2 atom stereocenters. The molecule has 2 N–H and O–H groups in total. The third kappa shape index (κ3) is 5.43. The van der Waals surface area contributed by atoms with Crippen LogP contribution in [0.4, 0.5) is 5.69 Å². The highest BCUT2D eigenvalue weighted by atomic mass is 32.2. The van der Waals surface area contributed by atoms with Gasteiger partial charge in [0.25, 0.3) is 0 Å². The molecule has 1 fully saturated rings. The summed E-state index contributed by atoms with van der Waals surface area (Å²) in [6, 6.07) is 25.3. The van der Waals surface area contributed by atoms with E-state index >= 15 is 0 Å². The van der Waals surface area contributed by atoms with E-state index in [0.717, 1.165) is 42.7 Å². The first-order valence-electron chi connectivity index (χ1n) is 11.6. The van der Waals surface area contributed by atoms with Crippen LogP contribution in [0, 0.1) is 5.92 Å². The lowest BCUT2D eigenvalue weighted by atomic mass is 9.81. The van der Waals surface area contributed by atoms with Crippen LogP contribution in [0.3, 0.4) is 0 Å². The molecule has 2 unspecified atom stereocenters. The van der Waals surface area contributed by atoms with Crippen molar-refractivity contribution < 1.29 is 13.2 Å². The molecule has 1 saturated heterocycles. The molecule has 1 aliphatic rings. The van der Waals surface area contributed by atoms with Crippen molar-refractivity contribution in [1.29, 1.82) is 0 Å². The van der Waals surface area contributed by atoms with Gasteiger partial charge in [-0.25, -0.2) is 13.4 Å². The molecule has 0 aliphatic carbocycles. The molecule has 0 radical (unpaired) electrons. The number of anilines is 1. The van der Waals surface area contributed by atoms with Gasteiger partial charge in [-0.05, 0) is 60.1 Å². The predicted octanol–water partition coefficient (Wildman–Crippen LogP) is 4.53. The van der Waals surface area contributed by atoms with Crippen molar-refractivity contribution in [2.24, 2.45) is 11.8 Å². The lowest BCUT2D eigenvalue weighted by molar-refractivity contribution is 0.0923. The Morgan fingerprint density at radius 1 is 1.03 bits per heavy atom. The Morgan fingerprint density at radius 2 is 1.71 bits per heavy atom. The van der Waals surface area contributed by atoms with E-state index in [1.54, 1.807) is 20.2 Å². The van der Waals surface area contributed by atoms with E-state index in [1.807, 2.05) is 65.7 Å². The Balaban J connectivity index is 1.61. The quantitative estimate of drug-likeness (QED) is 0.481. The topological polar surface area (TPSA) is 75.9 Å². The van der Waals surface area contributed by atoms with Crippen LogP contribution >= 0.6 is 0 Å². The van der Waals surface area contributed by atoms with Crippen molar-refractivity contribution in [2.45, 2.75) is 31.1 Å². The second-order valence-corrected chi connectivity index (χ2v) is 10.9. The first kappa shape index (κ1) is 24.3. The second kappa shape index (κ2) is 10.6. The van der Waals surface area contributed by atoms with Gasteiger partial charge in [0.2, 0.25) is 10.0 Å². The lowest BCUT2D eigenvalue weighted by Crippen LogP contribution is -2.44. The van der Waals surface area contributed by atoms with E-state index < -0.39 is 10.0 Å². The van der Waals surface area contributed by atoms with Gasteiger partial charge in [-0.15, -0.1) is 0 Å². The van der Waals surface area contributed by atoms with Crippen molar-refractivity contribution in [2.75, 3.05) is 25.0 Å². The van der Waals surface area contributed by atoms with Crippen molar-refractivity contribution in [1.82, 2.24) is 5.01 Å². The van der Waals surface area contributed by atoms with Crippen molar-refractivity contribution >= 4 is 15.7 Å². The van der Waals surface area contributed by atoms with Gasteiger partial charge < -0.3 is 4.74 Å². The summed E-state index contributed by atoms with van der Waals surface area (Å²) in [6.45, 7) is 0.855. The molecule has 180 valence electrons. The number of hydrogen-bond acceptors (Lipinski definition) is 5. The van der Waals surface area contributed by atoms with Gasteiger partial charge in [0.15, 0.2) is 0 Å². The Hall–Kier alpha value is -2.87. The maximum absolute atomic E-state index is 13.1. The maximum atomic E-state index is 13.1. The van der Waals surface area contributed by atoms with Crippen molar-refractivity contribution in [3.63, 3.8) is 0 Å². The zero-order valence-electron chi connectivity index (χ0n) is 19.8. The minimum absolute atomic E-state index is 0.0491. The summed E-state index contributed by atoms with van der Waals surface area (Å²) in [5, 5.41) is 1.94. The van der Waals surface area contributed by atoms with Crippen LogP contribution in [0.15, 0.2) is 78.9 Å². The summed E-state index contributed by atoms with van der Waals surface area (Å²) in [7, 11) is -0.272. The van der Waals surface area contributed by atoms with Crippen LogP contribution in [0.2, 0.25) is 0 Å². The van der Waals surface area contributed by atoms with E-state index in [1.165, 1.54) is 9.87 Å². The normalized spacial score (nSPS) is 19.0. The Kier molecular flexibility index (Phi) is 7.56. The van der Waals surface area contributed by atoms with Crippen LogP contribution < -0.4 is 14.9 Å². The summed E-state index contributed by atoms with van der Waals surface area (Å²) in [6.07, 6.45) is 2.82. The fraction of sp³-hybridized carbons (Fsp3) is 0.333. The average molecular weight is 480 g/mol. The molecule has 1 aliphatic heterocycles. The number of nitrogens with two attached hydrogens (primary N) is 1. The zero-order valence-corrected chi connectivity index (χ0v) is 20.6. The van der Waals surface area contributed by atoms with Gasteiger partial charge in [0, 0.05) is 13.6 Å². The molecular formula is C27H33N3O3S. The standard InChI is InChI=1S/C27H33N3O3S/c1-29(34(31,32)20-21-10-5-3-6-11-21)25-15-16-26(33-2)24(19-25)18-23-14-9-17-30(28)27(23)22-12-7-4-8-13-22/h3-8,10-13,15-16,19,23,27H,9,14,17-18,20,28H2,1-2H3. The first-order chi connectivity index (χ1) is 16.4. The molecule has 0 spiro atoms. The summed E-state index contributed by atoms with van der Waals surface area (Å²) >= 11 is 0. The van der Waals surface area contributed by atoms with Gasteiger partial charge in [-0.1, -0.05) is 60.7 Å². The molecule has 0 aromatic heterocycles. The average Bonchev–Trinajstić information content (AvgIpc) is 2.84. The fourth-order valence-electron chi connectivity index (χ4n) is 4.88. The summed E-state index contributed by atoms with van der Waals surface area (Å²) < 4.78 is 33.2. The van der Waals surface area contributed by atoms with E-state index in [-0.39, 0.29) is 17.7 Å². The van der Waals surface area contributed by atoms with E-state index in [0.29, 0.717) is 5.69 Å². The molecule has 6 nitrogen and oxygen atoms in total. The SMILES string of the molecule is COc1ccc(N(C)S(=O)(=O)Cc2ccccc2)cc1CC1CCCN(N)C1c1ccccc1. The number of hydrazine groups is 1. The van der Waals surface area contributed by atoms with Crippen LogP contribution in [0.5, 0.6) is 5.75 Å². The molecule has 34 heavy (non-hydrogen) atoms. The second-order valence-electron chi connectivity index (χ2n) is 8.91. The minimum atomic E-state index is -3.53. The number of methoxy groups -OCH3 is 1. The van der Waals surface area contributed by atoms with Crippen LogP contribution in [0.25, 0.3) is 0 Å². The maximum Gasteiger partial charge on any atom is 0.239 e. The van der Waals surface area contributed by atoms with E-state index in [4.69, 9.17) is 10.6 Å². The molecule has 0 amide bonds. The first-order valence-corrected chi connectivity index (χ1v) is 13.2. The molecule has 0 saturated carbocycles. The predicted molar refractivity (Wildman–Crippen MR) is 137 cm³/mol. The summed E-state index contributed by atoms with van der Waals surface area (Å²) in [5.74, 6) is 7.45. The Morgan fingerprint density at radius 3 is 2.38 bits per heavy atom. The lowest BCUT2D eigenvalue weighted by Gasteiger charge is -2.39. The van der Waals surface area contributed by atoms with Crippen LogP contribution in [0.1, 0.15) is 35.6 Å². The number of hydrogen-bond donors (Lipinski definition) is 1. The molecule has 1 heterocycles. The highest BCUT2D eigenvalue weighted by molar-refractivity contribution is 7.92. The van der Waals surface area contributed by atoms with Gasteiger partial charge >= 0.3 is 0 Å². The molecule has 3 aromatic carbocycles. The number of piperidine rings is 1. The smallest absolute Gasteiger partial charge is 0.239 e. The fourth-order valence-corrected chi connectivity index (χ4v) is 6.12. The van der Waals surface area contributed by atoms with Crippen molar-refractivity contribution in [3.05, 3.63) is 95.6 Å². The van der Waals surface area contributed by atoms with Gasteiger partial charge in [-0.3, -0.25) is 10.1 Å². The number of sulfonamides is 1. The third-order valence-corrected chi connectivity index (χ3v) is 8.40. The number of benzene rings is 3. The van der Waals surface area contributed by atoms with Crippen LogP contribution in [-0.2, 0) is 22.2 Å². The molecule has 4 rings (SSSR count). The largest absolute Gasteiger partial charge is 0.496 e. The van der Waals surface area contributed by atoms with Gasteiger partial charge in [0.1, 0.15) is 5.75 Å². The van der Waals surface area contributed by atoms with Gasteiger partial charge in [0.05, 0.1) is 24.6 Å². The molecular weight excluding hydrogens is 446 g/mol. The van der Waals surface area contributed by atoms with E-state index in [9.17, 15) is 8.42 Å². The zero-order chi connectivity index (χ0) is 24.1. The Labute approximate surface area is 203 Å². The number of rotatable bonds is 8. The summed E-state index contributed by atoms with van der Waals surface area (Å²) in [4.78, 5) is 0. The van der Waals surface area contributed by atoms with Crippen LogP contribution in [-0.4, -0.2) is 34.1 Å². The highest BCUT2D eigenvalue weighted by Crippen LogP contribution is 2.38. The van der Waals surface area contributed by atoms with Crippen molar-refractivity contribution in [3.8, 4) is 5.75 Å². The molecule has 7 heteroatoms. The molecule has 0 bridgehead atoms. The minimum Gasteiger partial charge on any atom is -0.496 e. The Bertz CT molecular complexity index is 1190. The van der Waals surface area contributed by atoms with E-state index in [2.05, 4.69) is 12.1 Å². The number of nitrogens with zero attached hydrogens (tertiary/aromatic N) is 2. The monoisotopic (exact) mass is 479 g/mol. The van der Waals surface area contributed by atoms with Gasteiger partial charge in [-0.2, -0.15) is 0 Å². The third-order valence-electron chi connectivity index (χ3n) is 6.65. The summed E-state index contributed by atoms with van der Waals surface area (Å²) in [5.41, 5.74) is 3.58. The highest BCUT2D eigenvalue weighted by Gasteiger charge is 2.32.